The smallest absolute Gasteiger partial charge is 0.133 e. The molecule has 1 aliphatic rings. The highest BCUT2D eigenvalue weighted by Gasteiger charge is 2.21. The second-order valence-electron chi connectivity index (χ2n) is 5.88. The molecule has 1 unspecified atom stereocenters. The molecule has 0 amide bonds. The number of pyridine rings is 1. The Kier molecular flexibility index (Phi) is 5.20. The van der Waals surface area contributed by atoms with Gasteiger partial charge in [-0.3, -0.25) is 0 Å². The first kappa shape index (κ1) is 14.3. The molecule has 1 aliphatic heterocycles. The van der Waals surface area contributed by atoms with E-state index in [1.807, 2.05) is 12.3 Å². The molecule has 3 heteroatoms. The summed E-state index contributed by atoms with van der Waals surface area (Å²) in [6, 6.07) is 4.76. The highest BCUT2D eigenvalue weighted by Crippen LogP contribution is 2.25. The Morgan fingerprint density at radius 3 is 3.05 bits per heavy atom. The van der Waals surface area contributed by atoms with E-state index < -0.39 is 0 Å². The molecule has 106 valence electrons. The van der Waals surface area contributed by atoms with Crippen LogP contribution in [0, 0.1) is 5.92 Å². The Bertz CT molecular complexity index is 389. The van der Waals surface area contributed by atoms with E-state index >= 15 is 0 Å². The number of nitrogens with one attached hydrogen (secondary N) is 1. The molecule has 3 nitrogen and oxygen atoms in total. The van der Waals surface area contributed by atoms with E-state index in [-0.39, 0.29) is 0 Å². The molecule has 0 aromatic carbocycles. The topological polar surface area (TPSA) is 28.2 Å². The van der Waals surface area contributed by atoms with Gasteiger partial charge in [0, 0.05) is 37.4 Å². The Morgan fingerprint density at radius 1 is 1.47 bits per heavy atom. The minimum absolute atomic E-state index is 0.512. The van der Waals surface area contributed by atoms with Crippen molar-refractivity contribution in [2.45, 2.75) is 52.6 Å². The predicted octanol–water partition coefficient (Wildman–Crippen LogP) is 3.21. The molecule has 2 rings (SSSR count). The monoisotopic (exact) mass is 261 g/mol. The number of piperidine rings is 1. The summed E-state index contributed by atoms with van der Waals surface area (Å²) >= 11 is 0. The van der Waals surface area contributed by atoms with Gasteiger partial charge in [-0.15, -0.1) is 0 Å². The van der Waals surface area contributed by atoms with E-state index in [0.29, 0.717) is 6.04 Å². The summed E-state index contributed by atoms with van der Waals surface area (Å²) in [6.07, 6.45) is 5.87. The maximum atomic E-state index is 4.63. The molecule has 19 heavy (non-hydrogen) atoms. The number of anilines is 1. The van der Waals surface area contributed by atoms with Gasteiger partial charge in [-0.1, -0.05) is 33.3 Å². The van der Waals surface area contributed by atoms with E-state index in [9.17, 15) is 0 Å². The molecule has 1 saturated heterocycles. The van der Waals surface area contributed by atoms with Crippen molar-refractivity contribution in [1.82, 2.24) is 10.3 Å². The molecule has 0 saturated carbocycles. The Balaban J connectivity index is 2.09. The van der Waals surface area contributed by atoms with Gasteiger partial charge in [0.2, 0.25) is 0 Å². The molecule has 0 spiro atoms. The first-order valence-electron chi connectivity index (χ1n) is 7.63. The molecule has 1 fully saturated rings. The third kappa shape index (κ3) is 3.93. The second kappa shape index (κ2) is 6.90. The minimum atomic E-state index is 0.512. The van der Waals surface area contributed by atoms with Crippen LogP contribution >= 0.6 is 0 Å². The molecule has 2 heterocycles. The summed E-state index contributed by atoms with van der Waals surface area (Å²) in [6.45, 7) is 9.90. The van der Waals surface area contributed by atoms with E-state index in [4.69, 9.17) is 0 Å². The normalized spacial score (nSPS) is 20.0. The summed E-state index contributed by atoms with van der Waals surface area (Å²) in [5.74, 6) is 2.02. The lowest BCUT2D eigenvalue weighted by Gasteiger charge is -2.34. The summed E-state index contributed by atoms with van der Waals surface area (Å²) in [7, 11) is 0. The van der Waals surface area contributed by atoms with Gasteiger partial charge >= 0.3 is 0 Å². The molecule has 1 aromatic rings. The summed E-state index contributed by atoms with van der Waals surface area (Å²) in [5.41, 5.74) is 1.33. The van der Waals surface area contributed by atoms with Crippen molar-refractivity contribution in [2.24, 2.45) is 5.92 Å². The lowest BCUT2D eigenvalue weighted by atomic mass is 9.95. The van der Waals surface area contributed by atoms with Crippen molar-refractivity contribution in [3.8, 4) is 0 Å². The fraction of sp³-hybridized carbons (Fsp3) is 0.688. The Labute approximate surface area is 117 Å². The third-order valence-electron chi connectivity index (χ3n) is 3.96. The molecule has 0 aliphatic carbocycles. The fourth-order valence-corrected chi connectivity index (χ4v) is 2.76. The quantitative estimate of drug-likeness (QED) is 0.882. The van der Waals surface area contributed by atoms with Gasteiger partial charge in [0.1, 0.15) is 5.82 Å². The molecule has 0 radical (unpaired) electrons. The van der Waals surface area contributed by atoms with Gasteiger partial charge in [-0.05, 0) is 24.8 Å². The van der Waals surface area contributed by atoms with Gasteiger partial charge in [0.05, 0.1) is 0 Å². The minimum Gasteiger partial charge on any atom is -0.356 e. The number of rotatable bonds is 5. The number of hydrogen-bond donors (Lipinski definition) is 1. The zero-order chi connectivity index (χ0) is 13.7. The fourth-order valence-electron chi connectivity index (χ4n) is 2.76. The van der Waals surface area contributed by atoms with Gasteiger partial charge < -0.3 is 10.2 Å². The second-order valence-corrected chi connectivity index (χ2v) is 5.88. The molecule has 1 aromatic heterocycles. The SMILES string of the molecule is CCC1CCCN(c2ncccc2CNC(C)C)C1. The van der Waals surface area contributed by atoms with Crippen LogP contribution in [0.1, 0.15) is 45.6 Å². The van der Waals surface area contributed by atoms with Crippen LogP contribution in [0.5, 0.6) is 0 Å². The lowest BCUT2D eigenvalue weighted by Crippen LogP contribution is -2.36. The lowest BCUT2D eigenvalue weighted by molar-refractivity contribution is 0.402. The van der Waals surface area contributed by atoms with Crippen molar-refractivity contribution in [1.29, 1.82) is 0 Å². The summed E-state index contributed by atoms with van der Waals surface area (Å²) < 4.78 is 0. The van der Waals surface area contributed by atoms with Crippen molar-refractivity contribution < 1.29 is 0 Å². The zero-order valence-corrected chi connectivity index (χ0v) is 12.5. The number of hydrogen-bond acceptors (Lipinski definition) is 3. The first-order chi connectivity index (χ1) is 9.20. The van der Waals surface area contributed by atoms with E-state index in [1.54, 1.807) is 0 Å². The zero-order valence-electron chi connectivity index (χ0n) is 12.5. The van der Waals surface area contributed by atoms with Crippen LogP contribution in [0.15, 0.2) is 18.3 Å². The summed E-state index contributed by atoms with van der Waals surface area (Å²) in [5, 5.41) is 3.50. The van der Waals surface area contributed by atoms with Crippen LogP contribution in [0.3, 0.4) is 0 Å². The predicted molar refractivity (Wildman–Crippen MR) is 81.4 cm³/mol. The molecule has 0 bridgehead atoms. The molecule has 1 atom stereocenters. The van der Waals surface area contributed by atoms with Crippen LogP contribution in [0.2, 0.25) is 0 Å². The van der Waals surface area contributed by atoms with Crippen LogP contribution in [-0.2, 0) is 6.54 Å². The number of aromatic nitrogens is 1. The van der Waals surface area contributed by atoms with E-state index in [1.165, 1.54) is 37.2 Å². The maximum Gasteiger partial charge on any atom is 0.133 e. The Hall–Kier alpha value is -1.09. The maximum absolute atomic E-state index is 4.63. The van der Waals surface area contributed by atoms with Gasteiger partial charge in [-0.2, -0.15) is 0 Å². The van der Waals surface area contributed by atoms with Crippen molar-refractivity contribution in [2.75, 3.05) is 18.0 Å². The molecular formula is C16H27N3. The van der Waals surface area contributed by atoms with Crippen molar-refractivity contribution in [3.05, 3.63) is 23.9 Å². The van der Waals surface area contributed by atoms with Crippen LogP contribution in [0.4, 0.5) is 5.82 Å². The van der Waals surface area contributed by atoms with Crippen molar-refractivity contribution >= 4 is 5.82 Å². The first-order valence-corrected chi connectivity index (χ1v) is 7.63. The van der Waals surface area contributed by atoms with Gasteiger partial charge in [-0.25, -0.2) is 4.98 Å². The number of nitrogens with zero attached hydrogens (tertiary/aromatic N) is 2. The molecule has 1 N–H and O–H groups in total. The van der Waals surface area contributed by atoms with Crippen molar-refractivity contribution in [3.63, 3.8) is 0 Å². The van der Waals surface area contributed by atoms with E-state index in [0.717, 1.165) is 19.0 Å². The largest absolute Gasteiger partial charge is 0.356 e. The van der Waals surface area contributed by atoms with Crippen LogP contribution < -0.4 is 10.2 Å². The van der Waals surface area contributed by atoms with Gasteiger partial charge in [0.15, 0.2) is 0 Å². The van der Waals surface area contributed by atoms with Gasteiger partial charge in [0.25, 0.3) is 0 Å². The van der Waals surface area contributed by atoms with Crippen LogP contribution in [0.25, 0.3) is 0 Å². The molecular weight excluding hydrogens is 234 g/mol. The van der Waals surface area contributed by atoms with Crippen LogP contribution in [-0.4, -0.2) is 24.1 Å². The third-order valence-corrected chi connectivity index (χ3v) is 3.96. The Morgan fingerprint density at radius 2 is 2.32 bits per heavy atom. The summed E-state index contributed by atoms with van der Waals surface area (Å²) in [4.78, 5) is 7.12. The average Bonchev–Trinajstić information content (AvgIpc) is 2.45. The standard InChI is InChI=1S/C16H27N3/c1-4-14-7-6-10-19(12-14)16-15(8-5-9-17-16)11-18-13(2)3/h5,8-9,13-14,18H,4,6-7,10-12H2,1-3H3. The highest BCUT2D eigenvalue weighted by atomic mass is 15.2. The van der Waals surface area contributed by atoms with E-state index in [2.05, 4.69) is 42.0 Å². The highest BCUT2D eigenvalue weighted by molar-refractivity contribution is 5.47. The average molecular weight is 261 g/mol.